The predicted octanol–water partition coefficient (Wildman–Crippen LogP) is 4.83. The first-order chi connectivity index (χ1) is 11.2. The highest BCUT2D eigenvalue weighted by atomic mass is 16.5. The maximum atomic E-state index is 11.8. The second kappa shape index (κ2) is 8.94. The minimum Gasteiger partial charge on any atom is -0.463 e. The molecule has 2 rings (SSSR count). The lowest BCUT2D eigenvalue weighted by Gasteiger charge is -2.09. The molecule has 0 atom stereocenters. The third-order valence-corrected chi connectivity index (χ3v) is 3.84. The number of aryl methyl sites for hydroxylation is 2. The fraction of sp³-hybridized carbons (Fsp3) is 0.286. The van der Waals surface area contributed by atoms with Gasteiger partial charge in [-0.05, 0) is 48.4 Å². The van der Waals surface area contributed by atoms with E-state index >= 15 is 0 Å². The average Bonchev–Trinajstić information content (AvgIpc) is 2.60. The van der Waals surface area contributed by atoms with Crippen LogP contribution in [0.5, 0.6) is 0 Å². The minimum atomic E-state index is -0.271. The summed E-state index contributed by atoms with van der Waals surface area (Å²) in [5, 5.41) is 0. The number of allylic oxidation sites excluding steroid dienone is 1. The molecule has 0 aliphatic rings. The van der Waals surface area contributed by atoms with Crippen molar-refractivity contribution in [2.24, 2.45) is 0 Å². The number of hydrogen-bond donors (Lipinski definition) is 0. The molecule has 23 heavy (non-hydrogen) atoms. The van der Waals surface area contributed by atoms with Gasteiger partial charge in [-0.15, -0.1) is 0 Å². The highest BCUT2D eigenvalue weighted by Gasteiger charge is 2.06. The third kappa shape index (κ3) is 5.41. The molecule has 2 heteroatoms. The van der Waals surface area contributed by atoms with E-state index in [1.807, 2.05) is 37.3 Å². The number of carbonyl (C=O) groups excluding carboxylic acids is 1. The SMILES string of the molecule is CCOC(=O)/C=C(\CCc1ccc(CC)cc1)c1ccccc1. The summed E-state index contributed by atoms with van der Waals surface area (Å²) in [5.41, 5.74) is 4.72. The fourth-order valence-electron chi connectivity index (χ4n) is 2.50. The van der Waals surface area contributed by atoms with E-state index in [-0.39, 0.29) is 5.97 Å². The largest absolute Gasteiger partial charge is 0.463 e. The van der Waals surface area contributed by atoms with E-state index in [4.69, 9.17) is 4.74 Å². The van der Waals surface area contributed by atoms with Crippen LogP contribution in [0.2, 0.25) is 0 Å². The fourth-order valence-corrected chi connectivity index (χ4v) is 2.50. The molecule has 0 aliphatic heterocycles. The van der Waals surface area contributed by atoms with Crippen molar-refractivity contribution in [3.05, 3.63) is 77.4 Å². The van der Waals surface area contributed by atoms with E-state index in [9.17, 15) is 4.79 Å². The van der Waals surface area contributed by atoms with Crippen LogP contribution >= 0.6 is 0 Å². The van der Waals surface area contributed by atoms with E-state index in [0.717, 1.165) is 30.4 Å². The van der Waals surface area contributed by atoms with Gasteiger partial charge in [0.2, 0.25) is 0 Å². The Morgan fingerprint density at radius 3 is 2.22 bits per heavy atom. The van der Waals surface area contributed by atoms with Crippen LogP contribution in [0.25, 0.3) is 5.57 Å². The molecule has 0 heterocycles. The molecule has 2 aromatic rings. The average molecular weight is 308 g/mol. The molecule has 0 unspecified atom stereocenters. The topological polar surface area (TPSA) is 26.3 Å². The minimum absolute atomic E-state index is 0.271. The summed E-state index contributed by atoms with van der Waals surface area (Å²) in [4.78, 5) is 11.8. The molecule has 0 N–H and O–H groups in total. The standard InChI is InChI=1S/C21H24O2/c1-3-17-10-12-18(13-11-17)14-15-20(16-21(22)23-4-2)19-8-6-5-7-9-19/h5-13,16H,3-4,14-15H2,1-2H3/b20-16+. The van der Waals surface area contributed by atoms with E-state index in [1.165, 1.54) is 11.1 Å². The summed E-state index contributed by atoms with van der Waals surface area (Å²) in [6.07, 6.45) is 4.40. The lowest BCUT2D eigenvalue weighted by Crippen LogP contribution is -2.02. The molecule has 120 valence electrons. The predicted molar refractivity (Wildman–Crippen MR) is 95.2 cm³/mol. The van der Waals surface area contributed by atoms with Crippen LogP contribution in [0.15, 0.2) is 60.7 Å². The molecule has 0 fully saturated rings. The molecule has 0 aliphatic carbocycles. The molecular weight excluding hydrogens is 284 g/mol. The van der Waals surface area contributed by atoms with Crippen LogP contribution in [-0.2, 0) is 22.4 Å². The maximum absolute atomic E-state index is 11.8. The molecule has 0 saturated heterocycles. The van der Waals surface area contributed by atoms with Gasteiger partial charge < -0.3 is 4.74 Å². The van der Waals surface area contributed by atoms with Crippen molar-refractivity contribution in [2.75, 3.05) is 6.61 Å². The van der Waals surface area contributed by atoms with Crippen LogP contribution in [0.1, 0.15) is 37.0 Å². The summed E-state index contributed by atoms with van der Waals surface area (Å²) in [6.45, 7) is 4.38. The second-order valence-corrected chi connectivity index (χ2v) is 5.46. The normalized spacial score (nSPS) is 11.3. The smallest absolute Gasteiger partial charge is 0.331 e. The van der Waals surface area contributed by atoms with E-state index in [0.29, 0.717) is 6.61 Å². The molecular formula is C21H24O2. The van der Waals surface area contributed by atoms with Gasteiger partial charge in [0.15, 0.2) is 0 Å². The Kier molecular flexibility index (Phi) is 6.61. The summed E-state index contributed by atoms with van der Waals surface area (Å²) in [7, 11) is 0. The van der Waals surface area contributed by atoms with Gasteiger partial charge in [-0.25, -0.2) is 4.79 Å². The number of benzene rings is 2. The Morgan fingerprint density at radius 1 is 0.957 bits per heavy atom. The van der Waals surface area contributed by atoms with Crippen molar-refractivity contribution < 1.29 is 9.53 Å². The van der Waals surface area contributed by atoms with Crippen LogP contribution in [0.3, 0.4) is 0 Å². The van der Waals surface area contributed by atoms with Crippen molar-refractivity contribution in [3.63, 3.8) is 0 Å². The Hall–Kier alpha value is -2.35. The molecule has 0 spiro atoms. The molecule has 0 radical (unpaired) electrons. The number of hydrogen-bond acceptors (Lipinski definition) is 2. The first kappa shape index (κ1) is 17.0. The Bertz CT molecular complexity index is 639. The van der Waals surface area contributed by atoms with Crippen LogP contribution in [-0.4, -0.2) is 12.6 Å². The van der Waals surface area contributed by atoms with Gasteiger partial charge in [0.1, 0.15) is 0 Å². The van der Waals surface area contributed by atoms with Crippen LogP contribution in [0, 0.1) is 0 Å². The molecule has 0 amide bonds. The summed E-state index contributed by atoms with van der Waals surface area (Å²) >= 11 is 0. The van der Waals surface area contributed by atoms with Gasteiger partial charge in [0, 0.05) is 6.08 Å². The summed E-state index contributed by atoms with van der Waals surface area (Å²) < 4.78 is 5.06. The maximum Gasteiger partial charge on any atom is 0.331 e. The highest BCUT2D eigenvalue weighted by molar-refractivity contribution is 5.91. The highest BCUT2D eigenvalue weighted by Crippen LogP contribution is 2.21. The van der Waals surface area contributed by atoms with Gasteiger partial charge in [0.05, 0.1) is 6.61 Å². The lowest BCUT2D eigenvalue weighted by molar-refractivity contribution is -0.137. The lowest BCUT2D eigenvalue weighted by atomic mass is 9.97. The first-order valence-corrected chi connectivity index (χ1v) is 8.23. The van der Waals surface area contributed by atoms with Gasteiger partial charge >= 0.3 is 5.97 Å². The van der Waals surface area contributed by atoms with Gasteiger partial charge in [-0.3, -0.25) is 0 Å². The summed E-state index contributed by atoms with van der Waals surface area (Å²) in [5.74, 6) is -0.271. The van der Waals surface area contributed by atoms with Crippen LogP contribution in [0.4, 0.5) is 0 Å². The zero-order valence-electron chi connectivity index (χ0n) is 13.9. The van der Waals surface area contributed by atoms with Gasteiger partial charge in [-0.2, -0.15) is 0 Å². The van der Waals surface area contributed by atoms with Crippen molar-refractivity contribution in [2.45, 2.75) is 33.1 Å². The monoisotopic (exact) mass is 308 g/mol. The Balaban J connectivity index is 2.12. The van der Waals surface area contributed by atoms with E-state index in [1.54, 1.807) is 6.08 Å². The molecule has 0 bridgehead atoms. The Morgan fingerprint density at radius 2 is 1.61 bits per heavy atom. The number of carbonyl (C=O) groups is 1. The second-order valence-electron chi connectivity index (χ2n) is 5.46. The van der Waals surface area contributed by atoms with Crippen molar-refractivity contribution >= 4 is 11.5 Å². The summed E-state index contributed by atoms with van der Waals surface area (Å²) in [6, 6.07) is 18.7. The molecule has 0 saturated carbocycles. The number of rotatable bonds is 7. The third-order valence-electron chi connectivity index (χ3n) is 3.84. The quantitative estimate of drug-likeness (QED) is 0.541. The van der Waals surface area contributed by atoms with Crippen molar-refractivity contribution in [3.8, 4) is 0 Å². The molecule has 2 nitrogen and oxygen atoms in total. The van der Waals surface area contributed by atoms with E-state index in [2.05, 4.69) is 31.2 Å². The zero-order valence-corrected chi connectivity index (χ0v) is 13.9. The van der Waals surface area contributed by atoms with Gasteiger partial charge in [0.25, 0.3) is 0 Å². The molecule has 2 aromatic carbocycles. The number of esters is 1. The van der Waals surface area contributed by atoms with E-state index < -0.39 is 0 Å². The van der Waals surface area contributed by atoms with Gasteiger partial charge in [-0.1, -0.05) is 61.5 Å². The number of ether oxygens (including phenoxy) is 1. The van der Waals surface area contributed by atoms with Crippen molar-refractivity contribution in [1.82, 2.24) is 0 Å². The van der Waals surface area contributed by atoms with Crippen LogP contribution < -0.4 is 0 Å². The first-order valence-electron chi connectivity index (χ1n) is 8.23. The molecule has 0 aromatic heterocycles. The zero-order chi connectivity index (χ0) is 16.5. The van der Waals surface area contributed by atoms with Crippen molar-refractivity contribution in [1.29, 1.82) is 0 Å². The Labute approximate surface area is 138 Å².